The Morgan fingerprint density at radius 2 is 1.96 bits per heavy atom. The maximum atomic E-state index is 12.6. The van der Waals surface area contributed by atoms with Gasteiger partial charge < -0.3 is 25.7 Å². The van der Waals surface area contributed by atoms with Gasteiger partial charge >= 0.3 is 11.9 Å². The molecule has 2 amide bonds. The maximum absolute atomic E-state index is 12.6. The Morgan fingerprint density at radius 3 is 2.64 bits per heavy atom. The van der Waals surface area contributed by atoms with Crippen molar-refractivity contribution in [3.8, 4) is 0 Å². The van der Waals surface area contributed by atoms with Gasteiger partial charge in [0, 0.05) is 12.5 Å². The van der Waals surface area contributed by atoms with E-state index in [1.165, 1.54) is 0 Å². The van der Waals surface area contributed by atoms with Gasteiger partial charge in [0.05, 0.1) is 6.54 Å². The van der Waals surface area contributed by atoms with Crippen LogP contribution in [-0.2, 0) is 19.2 Å². The summed E-state index contributed by atoms with van der Waals surface area (Å²) in [5, 5.41) is 23.3. The van der Waals surface area contributed by atoms with Crippen molar-refractivity contribution in [3.63, 3.8) is 0 Å². The van der Waals surface area contributed by atoms with Gasteiger partial charge in [-0.2, -0.15) is 0 Å². The summed E-state index contributed by atoms with van der Waals surface area (Å²) in [4.78, 5) is 48.5. The number of fused-ring (bicyclic) bond motifs is 1. The van der Waals surface area contributed by atoms with Gasteiger partial charge in [-0.3, -0.25) is 14.4 Å². The zero-order valence-corrected chi connectivity index (χ0v) is 14.1. The number of rotatable bonds is 6. The average Bonchev–Trinajstić information content (AvgIpc) is 2.99. The summed E-state index contributed by atoms with van der Waals surface area (Å²) < 4.78 is 0. The third kappa shape index (κ3) is 5.15. The van der Waals surface area contributed by atoms with Crippen molar-refractivity contribution >= 4 is 23.8 Å². The third-order valence-corrected chi connectivity index (χ3v) is 4.77. The highest BCUT2D eigenvalue weighted by Gasteiger charge is 2.41. The Balaban J connectivity index is 2.04. The van der Waals surface area contributed by atoms with E-state index in [-0.39, 0.29) is 31.3 Å². The molecule has 2 heterocycles. The molecule has 0 radical (unpaired) electrons. The molecule has 0 spiro atoms. The van der Waals surface area contributed by atoms with Crippen LogP contribution in [0.4, 0.5) is 0 Å². The van der Waals surface area contributed by atoms with Crippen molar-refractivity contribution in [3.05, 3.63) is 0 Å². The lowest BCUT2D eigenvalue weighted by molar-refractivity contribution is -0.145. The molecule has 2 aliphatic rings. The molecule has 0 aliphatic carbocycles. The summed E-state index contributed by atoms with van der Waals surface area (Å²) in [6, 6.07) is -1.96. The van der Waals surface area contributed by atoms with E-state index < -0.39 is 29.9 Å². The van der Waals surface area contributed by atoms with Crippen molar-refractivity contribution < 1.29 is 29.4 Å². The molecule has 9 heteroatoms. The first-order valence-electron chi connectivity index (χ1n) is 8.67. The summed E-state index contributed by atoms with van der Waals surface area (Å²) in [5.74, 6) is -3.07. The molecule has 2 fully saturated rings. The zero-order valence-electron chi connectivity index (χ0n) is 14.1. The van der Waals surface area contributed by atoms with Crippen LogP contribution in [-0.4, -0.2) is 70.1 Å². The van der Waals surface area contributed by atoms with Crippen LogP contribution in [0, 0.1) is 0 Å². The molecular weight excluding hydrogens is 330 g/mol. The molecule has 0 aromatic carbocycles. The number of carbonyl (C=O) groups excluding carboxylic acids is 2. The van der Waals surface area contributed by atoms with Crippen LogP contribution < -0.4 is 10.6 Å². The Bertz CT molecular complexity index is 538. The van der Waals surface area contributed by atoms with Crippen LogP contribution in [0.1, 0.15) is 44.9 Å². The lowest BCUT2D eigenvalue weighted by Gasteiger charge is -2.30. The van der Waals surface area contributed by atoms with E-state index in [0.717, 1.165) is 32.2 Å². The highest BCUT2D eigenvalue weighted by molar-refractivity contribution is 5.91. The van der Waals surface area contributed by atoms with Gasteiger partial charge in [-0.25, -0.2) is 4.79 Å². The smallest absolute Gasteiger partial charge is 0.326 e. The average molecular weight is 355 g/mol. The Labute approximate surface area is 145 Å². The summed E-state index contributed by atoms with van der Waals surface area (Å²) in [7, 11) is 0. The minimum Gasteiger partial charge on any atom is -0.481 e. The second-order valence-electron chi connectivity index (χ2n) is 6.55. The van der Waals surface area contributed by atoms with Crippen molar-refractivity contribution in [2.75, 3.05) is 13.1 Å². The predicted octanol–water partition coefficient (Wildman–Crippen LogP) is -0.446. The highest BCUT2D eigenvalue weighted by atomic mass is 16.4. The van der Waals surface area contributed by atoms with Crippen molar-refractivity contribution in [2.45, 2.75) is 63.1 Å². The fourth-order valence-corrected chi connectivity index (χ4v) is 3.51. The molecule has 25 heavy (non-hydrogen) atoms. The van der Waals surface area contributed by atoms with Gasteiger partial charge in [0.2, 0.25) is 11.8 Å². The largest absolute Gasteiger partial charge is 0.481 e. The van der Waals surface area contributed by atoms with Crippen molar-refractivity contribution in [1.29, 1.82) is 0 Å². The molecule has 2 rings (SSSR count). The van der Waals surface area contributed by atoms with Gasteiger partial charge in [-0.15, -0.1) is 0 Å². The molecular formula is C16H25N3O6. The highest BCUT2D eigenvalue weighted by Crippen LogP contribution is 2.28. The molecule has 0 saturated carbocycles. The molecule has 0 aromatic heterocycles. The van der Waals surface area contributed by atoms with Crippen LogP contribution in [0.15, 0.2) is 0 Å². The molecule has 0 bridgehead atoms. The van der Waals surface area contributed by atoms with Gasteiger partial charge in [0.25, 0.3) is 0 Å². The number of nitrogens with zero attached hydrogens (tertiary/aromatic N) is 1. The minimum absolute atomic E-state index is 0.00504. The monoisotopic (exact) mass is 355 g/mol. The standard InChI is InChI=1S/C16H25N3O6/c20-13-9-17-8-2-1-3-10-4-6-12(19(10)13)15(23)18-11(16(24)25)5-7-14(21)22/h10-12,17H,1-9H2,(H,18,23)(H,21,22)(H,24,25)/t10-,11+,12+/m1/s1. The number of hydrogen-bond donors (Lipinski definition) is 4. The van der Waals surface area contributed by atoms with Gasteiger partial charge in [0.1, 0.15) is 12.1 Å². The molecule has 0 unspecified atom stereocenters. The fraction of sp³-hybridized carbons (Fsp3) is 0.750. The molecule has 9 nitrogen and oxygen atoms in total. The van der Waals surface area contributed by atoms with E-state index in [0.29, 0.717) is 6.42 Å². The molecule has 4 N–H and O–H groups in total. The van der Waals surface area contributed by atoms with E-state index in [9.17, 15) is 24.3 Å². The van der Waals surface area contributed by atoms with E-state index in [4.69, 9.17) is 5.11 Å². The topological polar surface area (TPSA) is 136 Å². The number of carboxylic acids is 2. The van der Waals surface area contributed by atoms with E-state index >= 15 is 0 Å². The Morgan fingerprint density at radius 1 is 1.20 bits per heavy atom. The quantitative estimate of drug-likeness (QED) is 0.507. The van der Waals surface area contributed by atoms with E-state index in [1.807, 2.05) is 0 Å². The maximum Gasteiger partial charge on any atom is 0.326 e. The molecule has 2 saturated heterocycles. The first kappa shape index (κ1) is 19.2. The lowest BCUT2D eigenvalue weighted by atomic mass is 10.1. The van der Waals surface area contributed by atoms with Crippen LogP contribution in [0.3, 0.4) is 0 Å². The Kier molecular flexibility index (Phi) is 6.74. The summed E-state index contributed by atoms with van der Waals surface area (Å²) >= 11 is 0. The van der Waals surface area contributed by atoms with Crippen LogP contribution in [0.5, 0.6) is 0 Å². The predicted molar refractivity (Wildman–Crippen MR) is 86.8 cm³/mol. The van der Waals surface area contributed by atoms with Crippen LogP contribution in [0.2, 0.25) is 0 Å². The minimum atomic E-state index is -1.28. The second-order valence-corrected chi connectivity index (χ2v) is 6.55. The van der Waals surface area contributed by atoms with E-state index in [2.05, 4.69) is 10.6 Å². The summed E-state index contributed by atoms with van der Waals surface area (Å²) in [5.41, 5.74) is 0. The van der Waals surface area contributed by atoms with Crippen molar-refractivity contribution in [2.24, 2.45) is 0 Å². The number of hydrogen-bond acceptors (Lipinski definition) is 5. The lowest BCUT2D eigenvalue weighted by Crippen LogP contribution is -2.53. The number of amides is 2. The number of carboxylic acid groups (broad SMARTS) is 2. The Hall–Kier alpha value is -2.16. The second kappa shape index (κ2) is 8.80. The molecule has 140 valence electrons. The number of aliphatic carboxylic acids is 2. The first-order chi connectivity index (χ1) is 11.9. The van der Waals surface area contributed by atoms with Gasteiger partial charge in [0.15, 0.2) is 0 Å². The molecule has 3 atom stereocenters. The normalized spacial score (nSPS) is 25.3. The van der Waals surface area contributed by atoms with Crippen molar-refractivity contribution in [1.82, 2.24) is 15.5 Å². The zero-order chi connectivity index (χ0) is 18.4. The van der Waals surface area contributed by atoms with Crippen LogP contribution >= 0.6 is 0 Å². The molecule has 0 aromatic rings. The fourth-order valence-electron chi connectivity index (χ4n) is 3.51. The molecule has 2 aliphatic heterocycles. The van der Waals surface area contributed by atoms with Crippen LogP contribution in [0.25, 0.3) is 0 Å². The SMILES string of the molecule is O=C(O)CC[C@H](NC(=O)[C@@H]1CC[C@H]2CCCCNCC(=O)N21)C(=O)O. The van der Waals surface area contributed by atoms with Gasteiger partial charge in [-0.1, -0.05) is 6.42 Å². The first-order valence-corrected chi connectivity index (χ1v) is 8.67. The summed E-state index contributed by atoms with van der Waals surface area (Å²) in [6.07, 6.45) is 3.44. The summed E-state index contributed by atoms with van der Waals surface area (Å²) in [6.45, 7) is 0.932. The number of nitrogens with one attached hydrogen (secondary N) is 2. The van der Waals surface area contributed by atoms with E-state index in [1.54, 1.807) is 4.90 Å². The van der Waals surface area contributed by atoms with Gasteiger partial charge in [-0.05, 0) is 38.6 Å². The number of carbonyl (C=O) groups is 4. The third-order valence-electron chi connectivity index (χ3n) is 4.77.